The zero-order valence-electron chi connectivity index (χ0n) is 23.2. The highest BCUT2D eigenvalue weighted by Crippen LogP contribution is 2.35. The minimum absolute atomic E-state index is 0.0130. The molecule has 0 aliphatic carbocycles. The summed E-state index contributed by atoms with van der Waals surface area (Å²) in [6.45, 7) is 9.66. The first-order chi connectivity index (χ1) is 20.7. The molecule has 0 unspecified atom stereocenters. The number of rotatable bonds is 7. The summed E-state index contributed by atoms with van der Waals surface area (Å²) in [6.07, 6.45) is 1.07. The number of hydrogen-bond acceptors (Lipinski definition) is 6. The summed E-state index contributed by atoms with van der Waals surface area (Å²) in [6, 6.07) is 17.1. The third kappa shape index (κ3) is 7.13. The van der Waals surface area contributed by atoms with Gasteiger partial charge in [-0.25, -0.2) is 24.7 Å². The molecule has 0 bridgehead atoms. The summed E-state index contributed by atoms with van der Waals surface area (Å²) in [7, 11) is -3.09. The topological polar surface area (TPSA) is 88.7 Å². The summed E-state index contributed by atoms with van der Waals surface area (Å²) in [5, 5.41) is 7.22. The predicted molar refractivity (Wildman–Crippen MR) is 172 cm³/mol. The molecule has 8 nitrogen and oxygen atoms in total. The summed E-state index contributed by atoms with van der Waals surface area (Å²) in [5.41, 5.74) is 6.98. The first-order valence-electron chi connectivity index (χ1n) is 13.6. The van der Waals surface area contributed by atoms with Crippen molar-refractivity contribution >= 4 is 50.3 Å². The van der Waals surface area contributed by atoms with E-state index in [9.17, 15) is 13.2 Å². The van der Waals surface area contributed by atoms with Crippen LogP contribution in [0.1, 0.15) is 34.3 Å². The van der Waals surface area contributed by atoms with Gasteiger partial charge in [0.05, 0.1) is 39.2 Å². The van der Waals surface area contributed by atoms with Crippen LogP contribution in [0.25, 0.3) is 32.2 Å². The van der Waals surface area contributed by atoms with E-state index in [2.05, 4.69) is 22.1 Å². The van der Waals surface area contributed by atoms with Crippen molar-refractivity contribution < 1.29 is 13.2 Å². The molecule has 0 atom stereocenters. The number of carbonyl (C=O) groups excluding carboxylic acids is 1. The number of nitrogens with zero attached hydrogens (tertiary/aromatic N) is 4. The summed E-state index contributed by atoms with van der Waals surface area (Å²) in [4.78, 5) is 18.9. The van der Waals surface area contributed by atoms with Crippen molar-refractivity contribution in [2.45, 2.75) is 19.8 Å². The molecule has 12 heteroatoms. The number of sulfone groups is 1. The third-order valence-electron chi connectivity index (χ3n) is 6.90. The molecule has 1 aliphatic heterocycles. The average molecular weight is 653 g/mol. The minimum Gasteiger partial charge on any atom is -0.316 e. The molecule has 2 aromatic carbocycles. The zero-order valence-corrected chi connectivity index (χ0v) is 26.4. The van der Waals surface area contributed by atoms with Crippen molar-refractivity contribution in [2.24, 2.45) is 0 Å². The maximum atomic E-state index is 13.5. The first-order valence-corrected chi connectivity index (χ1v) is 16.9. The van der Waals surface area contributed by atoms with Gasteiger partial charge in [-0.15, -0.1) is 11.3 Å². The Morgan fingerprint density at radius 3 is 2.49 bits per heavy atom. The Hall–Kier alpha value is -3.64. The van der Waals surface area contributed by atoms with Crippen LogP contribution in [0.3, 0.4) is 0 Å². The van der Waals surface area contributed by atoms with E-state index in [4.69, 9.17) is 34.9 Å². The molecule has 1 aliphatic rings. The van der Waals surface area contributed by atoms with Crippen LogP contribution < -0.4 is 5.43 Å². The fraction of sp³-hybridized carbons (Fsp3) is 0.258. The summed E-state index contributed by atoms with van der Waals surface area (Å²) < 4.78 is 25.4. The largest absolute Gasteiger partial charge is 0.316 e. The Balaban J connectivity index is 1.51. The van der Waals surface area contributed by atoms with Gasteiger partial charge >= 0.3 is 0 Å². The van der Waals surface area contributed by atoms with Gasteiger partial charge in [-0.1, -0.05) is 66.2 Å². The number of hydrazine groups is 1. The molecule has 0 radical (unpaired) electrons. The summed E-state index contributed by atoms with van der Waals surface area (Å²) in [5.74, 6) is 5.72. The Morgan fingerprint density at radius 1 is 1.09 bits per heavy atom. The van der Waals surface area contributed by atoms with Crippen molar-refractivity contribution in [3.05, 3.63) is 92.2 Å². The highest BCUT2D eigenvalue weighted by Gasteiger charge is 2.28. The zero-order chi connectivity index (χ0) is 30.6. The van der Waals surface area contributed by atoms with E-state index < -0.39 is 15.7 Å². The van der Waals surface area contributed by atoms with Crippen LogP contribution in [-0.4, -0.2) is 60.3 Å². The van der Waals surface area contributed by atoms with Gasteiger partial charge in [0.1, 0.15) is 0 Å². The molecule has 1 N–H and O–H groups in total. The SMILES string of the molecule is [C-]#[N+]CCC#Cc1ccc(-c2ccc(-c3c(CC)c(C(=O)NN4CCS(=O)(=O)CC4)nn3-c3ccc(Cl)cc3Cl)cc2)s1. The molecule has 5 rings (SSSR count). The molecule has 0 saturated carbocycles. The van der Waals surface area contributed by atoms with Crippen molar-refractivity contribution in [1.29, 1.82) is 0 Å². The number of benzene rings is 2. The minimum atomic E-state index is -3.09. The molecule has 1 amide bonds. The lowest BCUT2D eigenvalue weighted by atomic mass is 10.0. The number of aromatic nitrogens is 2. The van der Waals surface area contributed by atoms with Crippen LogP contribution >= 0.6 is 34.5 Å². The Labute approximate surface area is 264 Å². The Kier molecular flexibility index (Phi) is 9.55. The number of nitrogens with one attached hydrogen (secondary N) is 1. The number of amides is 1. The molecule has 3 heterocycles. The van der Waals surface area contributed by atoms with E-state index in [-0.39, 0.29) is 30.3 Å². The van der Waals surface area contributed by atoms with E-state index in [0.717, 1.165) is 32.1 Å². The monoisotopic (exact) mass is 651 g/mol. The molecule has 0 spiro atoms. The molecule has 1 fully saturated rings. The van der Waals surface area contributed by atoms with Gasteiger partial charge in [0, 0.05) is 34.1 Å². The molecule has 2 aromatic heterocycles. The van der Waals surface area contributed by atoms with E-state index in [1.165, 1.54) is 0 Å². The van der Waals surface area contributed by atoms with Crippen LogP contribution in [0, 0.1) is 18.4 Å². The molecule has 4 aromatic rings. The van der Waals surface area contributed by atoms with Crippen LogP contribution in [0.2, 0.25) is 10.0 Å². The smallest absolute Gasteiger partial charge is 0.286 e. The van der Waals surface area contributed by atoms with E-state index >= 15 is 0 Å². The molecular weight excluding hydrogens is 625 g/mol. The van der Waals surface area contributed by atoms with Gasteiger partial charge in [-0.05, 0) is 42.3 Å². The maximum absolute atomic E-state index is 13.5. The molecule has 43 heavy (non-hydrogen) atoms. The summed E-state index contributed by atoms with van der Waals surface area (Å²) >= 11 is 14.4. The lowest BCUT2D eigenvalue weighted by Gasteiger charge is -2.26. The Bertz CT molecular complexity index is 1870. The van der Waals surface area contributed by atoms with Crippen LogP contribution in [0.5, 0.6) is 0 Å². The lowest BCUT2D eigenvalue weighted by molar-refractivity contribution is 0.0795. The van der Waals surface area contributed by atoms with Crippen molar-refractivity contribution in [2.75, 3.05) is 31.1 Å². The van der Waals surface area contributed by atoms with Crippen molar-refractivity contribution in [1.82, 2.24) is 20.2 Å². The standard InChI is InChI=1S/C31H27Cl2N5O3S2/c1-3-25-29(31(39)36-37-16-18-43(40,41)19-17-37)35-38(27-13-11-23(32)20-26(27)33)30(25)22-9-7-21(8-10-22)28-14-12-24(42-28)6-4-5-15-34-2/h7-14,20H,3,5,15-19H2,1H3,(H,36,39). The van der Waals surface area contributed by atoms with Crippen LogP contribution in [0.15, 0.2) is 54.6 Å². The number of halogens is 2. The number of thiophene rings is 1. The van der Waals surface area contributed by atoms with E-state index in [1.54, 1.807) is 39.2 Å². The predicted octanol–water partition coefficient (Wildman–Crippen LogP) is 6.17. The van der Waals surface area contributed by atoms with Crippen molar-refractivity contribution in [3.63, 3.8) is 0 Å². The second-order valence-corrected chi connectivity index (χ2v) is 14.0. The van der Waals surface area contributed by atoms with Gasteiger partial charge in [0.25, 0.3) is 5.91 Å². The van der Waals surface area contributed by atoms with E-state index in [0.29, 0.717) is 35.1 Å². The molecule has 1 saturated heterocycles. The highest BCUT2D eigenvalue weighted by molar-refractivity contribution is 7.91. The third-order valence-corrected chi connectivity index (χ3v) is 10.1. The van der Waals surface area contributed by atoms with Crippen LogP contribution in [-0.2, 0) is 16.3 Å². The number of carbonyl (C=O) groups is 1. The fourth-order valence-electron chi connectivity index (χ4n) is 4.73. The van der Waals surface area contributed by atoms with Gasteiger partial charge in [-0.3, -0.25) is 10.2 Å². The van der Waals surface area contributed by atoms with Crippen LogP contribution in [0.4, 0.5) is 0 Å². The highest BCUT2D eigenvalue weighted by atomic mass is 35.5. The maximum Gasteiger partial charge on any atom is 0.286 e. The number of hydrogen-bond donors (Lipinski definition) is 1. The quantitative estimate of drug-likeness (QED) is 0.147. The van der Waals surface area contributed by atoms with E-state index in [1.807, 2.05) is 43.3 Å². The normalized spacial score (nSPS) is 14.5. The molecular formula is C31H27Cl2N5O3S2. The fourth-order valence-corrected chi connectivity index (χ4v) is 7.30. The second-order valence-electron chi connectivity index (χ2n) is 9.79. The second kappa shape index (κ2) is 13.3. The average Bonchev–Trinajstić information content (AvgIpc) is 3.62. The van der Waals surface area contributed by atoms with Gasteiger partial charge in [-0.2, -0.15) is 5.10 Å². The molecule has 220 valence electrons. The van der Waals surface area contributed by atoms with Gasteiger partial charge < -0.3 is 4.85 Å². The van der Waals surface area contributed by atoms with Gasteiger partial charge in [0.15, 0.2) is 15.5 Å². The van der Waals surface area contributed by atoms with Crippen molar-refractivity contribution in [3.8, 4) is 39.2 Å². The lowest BCUT2D eigenvalue weighted by Crippen LogP contribution is -2.50. The Morgan fingerprint density at radius 2 is 1.81 bits per heavy atom. The first kappa shape index (κ1) is 30.8. The van der Waals surface area contributed by atoms with Gasteiger partial charge in [0.2, 0.25) is 6.54 Å².